The summed E-state index contributed by atoms with van der Waals surface area (Å²) < 4.78 is 31.2. The monoisotopic (exact) mass is 430 g/mol. The van der Waals surface area contributed by atoms with Gasteiger partial charge in [0.25, 0.3) is 0 Å². The van der Waals surface area contributed by atoms with E-state index in [1.165, 1.54) is 19.2 Å². The maximum atomic E-state index is 12.9. The Balaban J connectivity index is 2.46. The summed E-state index contributed by atoms with van der Waals surface area (Å²) in [5.41, 5.74) is 0.586. The molecule has 0 aliphatic carbocycles. The average molecular weight is 431 g/mol. The summed E-state index contributed by atoms with van der Waals surface area (Å²) in [6, 6.07) is 10.3. The fourth-order valence-corrected chi connectivity index (χ4v) is 4.29. The van der Waals surface area contributed by atoms with Crippen LogP contribution in [0.3, 0.4) is 0 Å². The van der Waals surface area contributed by atoms with Gasteiger partial charge >= 0.3 is 0 Å². The van der Waals surface area contributed by atoms with Crippen LogP contribution in [0.25, 0.3) is 0 Å². The van der Waals surface area contributed by atoms with E-state index in [4.69, 9.17) is 27.9 Å². The lowest BCUT2D eigenvalue weighted by Gasteiger charge is -2.31. The van der Waals surface area contributed by atoms with Gasteiger partial charge in [-0.05, 0) is 36.8 Å². The van der Waals surface area contributed by atoms with Gasteiger partial charge < -0.3 is 10.1 Å². The van der Waals surface area contributed by atoms with Gasteiger partial charge in [-0.2, -0.15) is 0 Å². The van der Waals surface area contributed by atoms with Crippen molar-refractivity contribution < 1.29 is 17.9 Å². The molecule has 0 spiro atoms. The minimum atomic E-state index is -3.82. The molecule has 2 aromatic rings. The molecule has 0 aromatic heterocycles. The van der Waals surface area contributed by atoms with Gasteiger partial charge in [-0.25, -0.2) is 8.42 Å². The van der Waals surface area contributed by atoms with E-state index in [1.54, 1.807) is 37.3 Å². The van der Waals surface area contributed by atoms with Crippen molar-refractivity contribution in [2.24, 2.45) is 0 Å². The number of ether oxygens (including phenoxy) is 1. The second-order valence-corrected chi connectivity index (χ2v) is 8.47. The van der Waals surface area contributed by atoms with Gasteiger partial charge in [-0.3, -0.25) is 9.10 Å². The molecule has 2 aromatic carbocycles. The number of sulfonamides is 1. The summed E-state index contributed by atoms with van der Waals surface area (Å²) in [5.74, 6) is -0.0455. The number of halogens is 2. The lowest BCUT2D eigenvalue weighted by atomic mass is 10.1. The van der Waals surface area contributed by atoms with E-state index in [-0.39, 0.29) is 17.1 Å². The number of nitrogens with zero attached hydrogens (tertiary/aromatic N) is 1. The van der Waals surface area contributed by atoms with Crippen LogP contribution in [-0.2, 0) is 14.8 Å². The van der Waals surface area contributed by atoms with Crippen molar-refractivity contribution in [2.45, 2.75) is 19.4 Å². The van der Waals surface area contributed by atoms with Crippen LogP contribution in [0.15, 0.2) is 42.5 Å². The SMILES string of the molecule is CC[C@H](C(=O)Nc1ccccc1OC)N(c1cc(Cl)ccc1Cl)S(C)(=O)=O. The van der Waals surface area contributed by atoms with Crippen molar-refractivity contribution in [1.29, 1.82) is 0 Å². The van der Waals surface area contributed by atoms with Gasteiger partial charge in [0, 0.05) is 5.02 Å². The largest absolute Gasteiger partial charge is 0.495 e. The Morgan fingerprint density at radius 2 is 1.89 bits per heavy atom. The number of anilines is 2. The molecule has 0 radical (unpaired) electrons. The topological polar surface area (TPSA) is 75.7 Å². The minimum Gasteiger partial charge on any atom is -0.495 e. The summed E-state index contributed by atoms with van der Waals surface area (Å²) in [5, 5.41) is 3.21. The van der Waals surface area contributed by atoms with Crippen LogP contribution in [-0.4, -0.2) is 33.7 Å². The highest BCUT2D eigenvalue weighted by atomic mass is 35.5. The van der Waals surface area contributed by atoms with E-state index in [9.17, 15) is 13.2 Å². The molecular weight excluding hydrogens is 411 g/mol. The van der Waals surface area contributed by atoms with E-state index < -0.39 is 22.0 Å². The van der Waals surface area contributed by atoms with Gasteiger partial charge in [0.05, 0.1) is 29.8 Å². The van der Waals surface area contributed by atoms with Crippen molar-refractivity contribution in [3.63, 3.8) is 0 Å². The Morgan fingerprint density at radius 3 is 2.48 bits per heavy atom. The summed E-state index contributed by atoms with van der Waals surface area (Å²) in [6.45, 7) is 1.71. The van der Waals surface area contributed by atoms with Crippen molar-refractivity contribution in [3.8, 4) is 5.75 Å². The first kappa shape index (κ1) is 21.3. The first-order valence-corrected chi connectivity index (χ1v) is 10.7. The molecule has 1 amide bonds. The Kier molecular flexibility index (Phi) is 6.97. The Morgan fingerprint density at radius 1 is 1.22 bits per heavy atom. The first-order valence-electron chi connectivity index (χ1n) is 8.07. The summed E-state index contributed by atoms with van der Waals surface area (Å²) in [7, 11) is -2.34. The van der Waals surface area contributed by atoms with E-state index in [2.05, 4.69) is 5.32 Å². The molecule has 0 saturated heterocycles. The van der Waals surface area contributed by atoms with Gasteiger partial charge in [-0.15, -0.1) is 0 Å². The van der Waals surface area contributed by atoms with Crippen LogP contribution in [0.5, 0.6) is 5.75 Å². The van der Waals surface area contributed by atoms with Gasteiger partial charge in [0.15, 0.2) is 0 Å². The van der Waals surface area contributed by atoms with Crippen LogP contribution < -0.4 is 14.4 Å². The zero-order valence-corrected chi connectivity index (χ0v) is 17.4. The third kappa shape index (κ3) is 5.06. The van der Waals surface area contributed by atoms with Crippen LogP contribution in [0.2, 0.25) is 10.0 Å². The third-order valence-electron chi connectivity index (χ3n) is 3.84. The number of carbonyl (C=O) groups excluding carboxylic acids is 1. The molecule has 0 saturated carbocycles. The zero-order chi connectivity index (χ0) is 20.2. The van der Waals surface area contributed by atoms with Crippen molar-refractivity contribution in [1.82, 2.24) is 0 Å². The second-order valence-electron chi connectivity index (χ2n) is 5.77. The van der Waals surface area contributed by atoms with E-state index in [1.807, 2.05) is 0 Å². The van der Waals surface area contributed by atoms with Gasteiger partial charge in [-0.1, -0.05) is 42.3 Å². The molecule has 0 bridgehead atoms. The van der Waals surface area contributed by atoms with E-state index in [0.29, 0.717) is 16.5 Å². The number of amides is 1. The zero-order valence-electron chi connectivity index (χ0n) is 15.1. The second kappa shape index (κ2) is 8.82. The minimum absolute atomic E-state index is 0.147. The number of methoxy groups -OCH3 is 1. The molecule has 1 atom stereocenters. The smallest absolute Gasteiger partial charge is 0.248 e. The molecule has 0 aliphatic rings. The molecule has 2 rings (SSSR count). The Hall–Kier alpha value is -1.96. The highest BCUT2D eigenvalue weighted by molar-refractivity contribution is 7.92. The van der Waals surface area contributed by atoms with Gasteiger partial charge in [0.1, 0.15) is 11.8 Å². The summed E-state index contributed by atoms with van der Waals surface area (Å²) >= 11 is 12.2. The number of para-hydroxylation sites is 2. The first-order chi connectivity index (χ1) is 12.7. The predicted octanol–water partition coefficient (Wildman–Crippen LogP) is 4.19. The van der Waals surface area contributed by atoms with E-state index in [0.717, 1.165) is 10.6 Å². The molecule has 0 aliphatic heterocycles. The predicted molar refractivity (Wildman–Crippen MR) is 109 cm³/mol. The van der Waals surface area contributed by atoms with Crippen LogP contribution in [0.4, 0.5) is 11.4 Å². The molecule has 0 fully saturated rings. The van der Waals surface area contributed by atoms with Crippen molar-refractivity contribution in [2.75, 3.05) is 23.0 Å². The molecule has 1 N–H and O–H groups in total. The maximum absolute atomic E-state index is 12.9. The Labute approximate surface area is 169 Å². The standard InChI is InChI=1S/C18H20Cl2N2O4S/c1-4-15(18(23)21-14-7-5-6-8-17(14)26-2)22(27(3,24)25)16-11-12(19)9-10-13(16)20/h5-11,15H,4H2,1-3H3,(H,21,23)/t15-/m1/s1. The number of hydrogen-bond acceptors (Lipinski definition) is 4. The quantitative estimate of drug-likeness (QED) is 0.714. The fraction of sp³-hybridized carbons (Fsp3) is 0.278. The molecule has 9 heteroatoms. The maximum Gasteiger partial charge on any atom is 0.248 e. The molecule has 0 unspecified atom stereocenters. The van der Waals surface area contributed by atoms with E-state index >= 15 is 0 Å². The Bertz CT molecular complexity index is 935. The highest BCUT2D eigenvalue weighted by Crippen LogP contribution is 2.33. The molecule has 27 heavy (non-hydrogen) atoms. The molecule has 146 valence electrons. The molecule has 6 nitrogen and oxygen atoms in total. The number of hydrogen-bond donors (Lipinski definition) is 1. The summed E-state index contributed by atoms with van der Waals surface area (Å²) in [6.07, 6.45) is 1.24. The highest BCUT2D eigenvalue weighted by Gasteiger charge is 2.33. The number of rotatable bonds is 7. The average Bonchev–Trinajstić information content (AvgIpc) is 2.61. The normalized spacial score (nSPS) is 12.3. The number of carbonyl (C=O) groups is 1. The molecule has 0 heterocycles. The van der Waals surface area contributed by atoms with Gasteiger partial charge in [0.2, 0.25) is 15.9 Å². The van der Waals surface area contributed by atoms with Crippen molar-refractivity contribution >= 4 is 50.5 Å². The lowest BCUT2D eigenvalue weighted by Crippen LogP contribution is -2.47. The number of nitrogens with one attached hydrogen (secondary N) is 1. The fourth-order valence-electron chi connectivity index (χ4n) is 2.65. The summed E-state index contributed by atoms with van der Waals surface area (Å²) in [4.78, 5) is 12.9. The van der Waals surface area contributed by atoms with Crippen LogP contribution >= 0.6 is 23.2 Å². The third-order valence-corrected chi connectivity index (χ3v) is 5.56. The van der Waals surface area contributed by atoms with Crippen molar-refractivity contribution in [3.05, 3.63) is 52.5 Å². The van der Waals surface area contributed by atoms with Crippen LogP contribution in [0, 0.1) is 0 Å². The number of benzene rings is 2. The lowest BCUT2D eigenvalue weighted by molar-refractivity contribution is -0.117. The molecular formula is C18H20Cl2N2O4S. The van der Waals surface area contributed by atoms with Crippen LogP contribution in [0.1, 0.15) is 13.3 Å².